The van der Waals surface area contributed by atoms with Crippen molar-refractivity contribution in [3.05, 3.63) is 22.4 Å². The van der Waals surface area contributed by atoms with E-state index in [0.29, 0.717) is 17.8 Å². The maximum absolute atomic E-state index is 12.4. The second-order valence-electron chi connectivity index (χ2n) is 5.04. The van der Waals surface area contributed by atoms with Crippen molar-refractivity contribution in [2.24, 2.45) is 0 Å². The molecule has 1 aliphatic rings. The van der Waals surface area contributed by atoms with E-state index < -0.39 is 12.0 Å². The van der Waals surface area contributed by atoms with E-state index in [2.05, 4.69) is 0 Å². The Bertz CT molecular complexity index is 529. The SMILES string of the molecule is CN(CCC(=O)O)C(=O)[C@@H]1CCCN1C(=O)c1cccs1. The Morgan fingerprint density at radius 3 is 2.86 bits per heavy atom. The Kier molecular flexibility index (Phi) is 4.95. The zero-order chi connectivity index (χ0) is 15.4. The molecule has 1 aromatic rings. The minimum Gasteiger partial charge on any atom is -0.481 e. The van der Waals surface area contributed by atoms with Gasteiger partial charge >= 0.3 is 5.97 Å². The molecule has 1 saturated heterocycles. The predicted molar refractivity (Wildman–Crippen MR) is 78.3 cm³/mol. The first-order valence-electron chi connectivity index (χ1n) is 6.82. The second kappa shape index (κ2) is 6.71. The van der Waals surface area contributed by atoms with E-state index in [1.165, 1.54) is 16.2 Å². The lowest BCUT2D eigenvalue weighted by Crippen LogP contribution is -2.46. The quantitative estimate of drug-likeness (QED) is 0.889. The first-order valence-corrected chi connectivity index (χ1v) is 7.70. The summed E-state index contributed by atoms with van der Waals surface area (Å²) in [7, 11) is 1.58. The molecule has 1 atom stereocenters. The summed E-state index contributed by atoms with van der Waals surface area (Å²) in [4.78, 5) is 39.0. The molecule has 21 heavy (non-hydrogen) atoms. The van der Waals surface area contributed by atoms with Gasteiger partial charge in [-0.2, -0.15) is 0 Å². The van der Waals surface area contributed by atoms with Crippen LogP contribution in [0.25, 0.3) is 0 Å². The Morgan fingerprint density at radius 2 is 2.24 bits per heavy atom. The molecular formula is C14H18N2O4S. The second-order valence-corrected chi connectivity index (χ2v) is 5.99. The smallest absolute Gasteiger partial charge is 0.305 e. The van der Waals surface area contributed by atoms with Crippen LogP contribution in [0.2, 0.25) is 0 Å². The van der Waals surface area contributed by atoms with Gasteiger partial charge in [0, 0.05) is 20.1 Å². The van der Waals surface area contributed by atoms with E-state index in [0.717, 1.165) is 6.42 Å². The number of likely N-dealkylation sites (tertiary alicyclic amines) is 1. The van der Waals surface area contributed by atoms with E-state index in [9.17, 15) is 14.4 Å². The largest absolute Gasteiger partial charge is 0.481 e. The summed E-state index contributed by atoms with van der Waals surface area (Å²) in [5, 5.41) is 10.5. The molecule has 7 heteroatoms. The van der Waals surface area contributed by atoms with Gasteiger partial charge < -0.3 is 14.9 Å². The molecule has 2 heterocycles. The van der Waals surface area contributed by atoms with Crippen LogP contribution in [0.5, 0.6) is 0 Å². The molecule has 0 aliphatic carbocycles. The van der Waals surface area contributed by atoms with Gasteiger partial charge in [-0.25, -0.2) is 0 Å². The van der Waals surface area contributed by atoms with Crippen LogP contribution in [-0.2, 0) is 9.59 Å². The summed E-state index contributed by atoms with van der Waals surface area (Å²) < 4.78 is 0. The van der Waals surface area contributed by atoms with Gasteiger partial charge in [0.2, 0.25) is 5.91 Å². The summed E-state index contributed by atoms with van der Waals surface area (Å²) in [5.41, 5.74) is 0. The van der Waals surface area contributed by atoms with Crippen molar-refractivity contribution in [2.45, 2.75) is 25.3 Å². The average molecular weight is 310 g/mol. The highest BCUT2D eigenvalue weighted by molar-refractivity contribution is 7.12. The number of rotatable bonds is 5. The van der Waals surface area contributed by atoms with Crippen LogP contribution in [-0.4, -0.2) is 58.9 Å². The van der Waals surface area contributed by atoms with Crippen LogP contribution in [0.15, 0.2) is 17.5 Å². The molecule has 2 rings (SSSR count). The van der Waals surface area contributed by atoms with Gasteiger partial charge in [-0.1, -0.05) is 6.07 Å². The van der Waals surface area contributed by atoms with Crippen molar-refractivity contribution in [3.63, 3.8) is 0 Å². The molecule has 0 saturated carbocycles. The molecule has 1 N–H and O–H groups in total. The van der Waals surface area contributed by atoms with Crippen LogP contribution >= 0.6 is 11.3 Å². The number of carbonyl (C=O) groups excluding carboxylic acids is 2. The normalized spacial score (nSPS) is 17.8. The van der Waals surface area contributed by atoms with Crippen LogP contribution in [0.1, 0.15) is 28.9 Å². The summed E-state index contributed by atoms with van der Waals surface area (Å²) in [5.74, 6) is -1.24. The Hall–Kier alpha value is -1.89. The third-order valence-corrected chi connectivity index (χ3v) is 4.43. The van der Waals surface area contributed by atoms with Crippen LogP contribution in [0.4, 0.5) is 0 Å². The topological polar surface area (TPSA) is 77.9 Å². The van der Waals surface area contributed by atoms with E-state index in [1.807, 2.05) is 11.4 Å². The van der Waals surface area contributed by atoms with Crippen molar-refractivity contribution >= 4 is 29.1 Å². The van der Waals surface area contributed by atoms with Gasteiger partial charge in [0.1, 0.15) is 6.04 Å². The van der Waals surface area contributed by atoms with E-state index in [1.54, 1.807) is 18.0 Å². The summed E-state index contributed by atoms with van der Waals surface area (Å²) in [6, 6.07) is 3.09. The number of aliphatic carboxylic acids is 1. The maximum atomic E-state index is 12.4. The standard InChI is InChI=1S/C14H18N2O4S/c1-15(8-6-12(17)18)13(19)10-4-2-7-16(10)14(20)11-5-3-9-21-11/h3,5,9-10H,2,4,6-8H2,1H3,(H,17,18)/t10-/m0/s1. The lowest BCUT2D eigenvalue weighted by Gasteiger charge is -2.27. The van der Waals surface area contributed by atoms with Gasteiger partial charge in [-0.15, -0.1) is 11.3 Å². The molecule has 0 radical (unpaired) electrons. The third-order valence-electron chi connectivity index (χ3n) is 3.57. The van der Waals surface area contributed by atoms with E-state index in [4.69, 9.17) is 5.11 Å². The van der Waals surface area contributed by atoms with Gasteiger partial charge in [0.25, 0.3) is 5.91 Å². The van der Waals surface area contributed by atoms with E-state index in [-0.39, 0.29) is 24.8 Å². The zero-order valence-electron chi connectivity index (χ0n) is 11.8. The number of nitrogens with zero attached hydrogens (tertiary/aromatic N) is 2. The number of amides is 2. The number of carboxylic acid groups (broad SMARTS) is 1. The average Bonchev–Trinajstić information content (AvgIpc) is 3.13. The lowest BCUT2D eigenvalue weighted by atomic mass is 10.2. The molecule has 6 nitrogen and oxygen atoms in total. The fourth-order valence-corrected chi connectivity index (χ4v) is 3.12. The number of likely N-dealkylation sites (N-methyl/N-ethyl adjacent to an activating group) is 1. The minimum atomic E-state index is -0.937. The highest BCUT2D eigenvalue weighted by Gasteiger charge is 2.36. The van der Waals surface area contributed by atoms with Crippen molar-refractivity contribution in [1.29, 1.82) is 0 Å². The lowest BCUT2D eigenvalue weighted by molar-refractivity contribution is -0.139. The predicted octanol–water partition coefficient (Wildman–Crippen LogP) is 1.29. The molecular weight excluding hydrogens is 292 g/mol. The molecule has 1 aromatic heterocycles. The first kappa shape index (κ1) is 15.5. The maximum Gasteiger partial charge on any atom is 0.305 e. The monoisotopic (exact) mass is 310 g/mol. The van der Waals surface area contributed by atoms with Gasteiger partial charge in [0.05, 0.1) is 11.3 Å². The first-order chi connectivity index (χ1) is 10.0. The number of carboxylic acids is 1. The van der Waals surface area contributed by atoms with Crippen LogP contribution in [0, 0.1) is 0 Å². The van der Waals surface area contributed by atoms with Crippen LogP contribution in [0.3, 0.4) is 0 Å². The summed E-state index contributed by atoms with van der Waals surface area (Å²) >= 11 is 1.36. The highest BCUT2D eigenvalue weighted by Crippen LogP contribution is 2.23. The van der Waals surface area contributed by atoms with Gasteiger partial charge in [-0.05, 0) is 24.3 Å². The fraction of sp³-hybridized carbons (Fsp3) is 0.500. The zero-order valence-corrected chi connectivity index (χ0v) is 12.6. The van der Waals surface area contributed by atoms with Crippen molar-refractivity contribution in [3.8, 4) is 0 Å². The van der Waals surface area contributed by atoms with Gasteiger partial charge in [0.15, 0.2) is 0 Å². The van der Waals surface area contributed by atoms with E-state index >= 15 is 0 Å². The molecule has 2 amide bonds. The number of carbonyl (C=O) groups is 3. The number of hydrogen-bond donors (Lipinski definition) is 1. The number of hydrogen-bond acceptors (Lipinski definition) is 4. The number of thiophene rings is 1. The fourth-order valence-electron chi connectivity index (χ4n) is 2.44. The Balaban J connectivity index is 2.02. The molecule has 0 aromatic carbocycles. The van der Waals surface area contributed by atoms with Crippen LogP contribution < -0.4 is 0 Å². The van der Waals surface area contributed by atoms with Crippen molar-refractivity contribution in [2.75, 3.05) is 20.1 Å². The summed E-state index contributed by atoms with van der Waals surface area (Å²) in [6.07, 6.45) is 1.33. The Morgan fingerprint density at radius 1 is 1.48 bits per heavy atom. The van der Waals surface area contributed by atoms with Gasteiger partial charge in [-0.3, -0.25) is 14.4 Å². The molecule has 0 unspecified atom stereocenters. The summed E-state index contributed by atoms with van der Waals surface area (Å²) in [6.45, 7) is 0.728. The minimum absolute atomic E-state index is 0.0895. The highest BCUT2D eigenvalue weighted by atomic mass is 32.1. The molecule has 1 fully saturated rings. The van der Waals surface area contributed by atoms with Crippen molar-refractivity contribution in [1.82, 2.24) is 9.80 Å². The molecule has 0 bridgehead atoms. The molecule has 0 spiro atoms. The molecule has 1 aliphatic heterocycles. The third kappa shape index (κ3) is 3.60. The molecule has 114 valence electrons. The Labute approximate surface area is 127 Å². The van der Waals surface area contributed by atoms with Crippen molar-refractivity contribution < 1.29 is 19.5 Å².